The van der Waals surface area contributed by atoms with Crippen molar-refractivity contribution in [2.24, 2.45) is 5.73 Å². The van der Waals surface area contributed by atoms with Crippen LogP contribution >= 0.6 is 0 Å². The molecule has 0 aliphatic rings. The summed E-state index contributed by atoms with van der Waals surface area (Å²) in [5, 5.41) is -0.808. The minimum atomic E-state index is -3.40. The topological polar surface area (TPSA) is 121 Å². The molecule has 0 saturated heterocycles. The molecule has 0 aliphatic carbocycles. The summed E-state index contributed by atoms with van der Waals surface area (Å²) >= 11 is 0. The molecule has 0 aromatic heterocycles. The van der Waals surface area contributed by atoms with Gasteiger partial charge in [-0.2, -0.15) is 0 Å². The van der Waals surface area contributed by atoms with Crippen LogP contribution in [-0.4, -0.2) is 35.3 Å². The van der Waals surface area contributed by atoms with Gasteiger partial charge in [0, 0.05) is 18.9 Å². The summed E-state index contributed by atoms with van der Waals surface area (Å²) in [6.45, 7) is 0.237. The summed E-state index contributed by atoms with van der Waals surface area (Å²) in [6, 6.07) is 13.0. The third-order valence-corrected chi connectivity index (χ3v) is 6.85. The number of ether oxygens (including phenoxy) is 1. The molecule has 0 saturated carbocycles. The number of rotatable bonds is 9. The molecule has 1 unspecified atom stereocenters. The average Bonchev–Trinajstić information content (AvgIpc) is 2.59. The van der Waals surface area contributed by atoms with E-state index in [1.54, 1.807) is 36.4 Å². The quantitative estimate of drug-likeness (QED) is 0.656. The highest BCUT2D eigenvalue weighted by Gasteiger charge is 2.23. The van der Waals surface area contributed by atoms with Crippen LogP contribution in [0.25, 0.3) is 0 Å². The van der Waals surface area contributed by atoms with Gasteiger partial charge in [-0.15, -0.1) is 0 Å². The number of sulfone groups is 2. The van der Waals surface area contributed by atoms with Crippen LogP contribution in [0, 0.1) is 0 Å². The number of nitrogens with two attached hydrogens (primary N) is 1. The molecule has 0 bridgehead atoms. The van der Waals surface area contributed by atoms with Crippen LogP contribution in [0.2, 0.25) is 0 Å². The first-order valence-corrected chi connectivity index (χ1v) is 12.3. The standard InChI is InChI=1S/C19H23NO6S2/c1-27(22,23)17-9-3-14(4-10-17)13-26-16-7-5-15(6-8-16)18(28(2,24)25)11-12-19(20)21/h3-10,18H,11-13H2,1-2H3,(H2,20,21). The number of carbonyl (C=O) groups is 1. The third kappa shape index (κ3) is 6.35. The lowest BCUT2D eigenvalue weighted by molar-refractivity contribution is -0.118. The molecular formula is C19H23NO6S2. The lowest BCUT2D eigenvalue weighted by Crippen LogP contribution is -2.16. The molecule has 7 nitrogen and oxygen atoms in total. The van der Waals surface area contributed by atoms with E-state index in [1.807, 2.05) is 0 Å². The van der Waals surface area contributed by atoms with Gasteiger partial charge in [0.25, 0.3) is 0 Å². The molecule has 2 rings (SSSR count). The fourth-order valence-corrected chi connectivity index (χ4v) is 4.51. The Kier molecular flexibility index (Phi) is 6.84. The van der Waals surface area contributed by atoms with Crippen molar-refractivity contribution in [3.63, 3.8) is 0 Å². The van der Waals surface area contributed by atoms with Crippen molar-refractivity contribution in [2.75, 3.05) is 12.5 Å². The van der Waals surface area contributed by atoms with Crippen molar-refractivity contribution < 1.29 is 26.4 Å². The van der Waals surface area contributed by atoms with E-state index in [1.165, 1.54) is 12.1 Å². The van der Waals surface area contributed by atoms with Crippen LogP contribution < -0.4 is 10.5 Å². The van der Waals surface area contributed by atoms with Gasteiger partial charge in [0.15, 0.2) is 19.7 Å². The highest BCUT2D eigenvalue weighted by Crippen LogP contribution is 2.28. The predicted octanol–water partition coefficient (Wildman–Crippen LogP) is 2.02. The molecule has 0 aliphatic heterocycles. The monoisotopic (exact) mass is 425 g/mol. The van der Waals surface area contributed by atoms with E-state index < -0.39 is 30.8 Å². The Hall–Kier alpha value is -2.39. The zero-order valence-electron chi connectivity index (χ0n) is 15.7. The third-order valence-electron chi connectivity index (χ3n) is 4.18. The molecule has 1 atom stereocenters. The Bertz CT molecular complexity index is 1030. The van der Waals surface area contributed by atoms with E-state index in [9.17, 15) is 21.6 Å². The summed E-state index contributed by atoms with van der Waals surface area (Å²) in [5.41, 5.74) is 6.49. The summed E-state index contributed by atoms with van der Waals surface area (Å²) in [6.07, 6.45) is 2.39. The van der Waals surface area contributed by atoms with Gasteiger partial charge in [0.2, 0.25) is 5.91 Å². The van der Waals surface area contributed by atoms with Gasteiger partial charge in [0.05, 0.1) is 10.1 Å². The first-order chi connectivity index (χ1) is 13.0. The number of hydrogen-bond donors (Lipinski definition) is 1. The molecule has 0 radical (unpaired) electrons. The Balaban J connectivity index is 2.06. The Morgan fingerprint density at radius 2 is 1.54 bits per heavy atom. The lowest BCUT2D eigenvalue weighted by Gasteiger charge is -2.15. The fraction of sp³-hybridized carbons (Fsp3) is 0.316. The van der Waals surface area contributed by atoms with Crippen LogP contribution in [0.4, 0.5) is 0 Å². The Labute approximate surface area is 165 Å². The van der Waals surface area contributed by atoms with Gasteiger partial charge < -0.3 is 10.5 Å². The summed E-state index contributed by atoms with van der Waals surface area (Å²) < 4.78 is 52.6. The molecule has 0 heterocycles. The molecule has 9 heteroatoms. The number of amides is 1. The molecule has 2 aromatic carbocycles. The van der Waals surface area contributed by atoms with Crippen molar-refractivity contribution in [1.82, 2.24) is 0 Å². The first-order valence-electron chi connectivity index (χ1n) is 8.46. The van der Waals surface area contributed by atoms with Crippen LogP contribution in [0.15, 0.2) is 53.4 Å². The highest BCUT2D eigenvalue weighted by molar-refractivity contribution is 7.91. The number of benzene rings is 2. The minimum absolute atomic E-state index is 0.0144. The Morgan fingerprint density at radius 1 is 0.964 bits per heavy atom. The zero-order chi connectivity index (χ0) is 20.9. The number of primary amides is 1. The average molecular weight is 426 g/mol. The normalized spacial score (nSPS) is 13.1. The summed E-state index contributed by atoms with van der Waals surface area (Å²) in [7, 11) is -6.64. The molecule has 0 spiro atoms. The molecule has 2 N–H and O–H groups in total. The molecule has 152 valence electrons. The van der Waals surface area contributed by atoms with Crippen molar-refractivity contribution in [3.05, 3.63) is 59.7 Å². The van der Waals surface area contributed by atoms with Gasteiger partial charge in [-0.1, -0.05) is 24.3 Å². The maximum atomic E-state index is 12.0. The van der Waals surface area contributed by atoms with Gasteiger partial charge in [-0.05, 0) is 41.8 Å². The zero-order valence-corrected chi connectivity index (χ0v) is 17.3. The fourth-order valence-electron chi connectivity index (χ4n) is 2.68. The van der Waals surface area contributed by atoms with E-state index >= 15 is 0 Å². The Morgan fingerprint density at radius 3 is 2.00 bits per heavy atom. The van der Waals surface area contributed by atoms with Crippen molar-refractivity contribution in [2.45, 2.75) is 29.6 Å². The second kappa shape index (κ2) is 8.74. The number of carbonyl (C=O) groups excluding carboxylic acids is 1. The van der Waals surface area contributed by atoms with Gasteiger partial charge in [0.1, 0.15) is 12.4 Å². The van der Waals surface area contributed by atoms with E-state index in [4.69, 9.17) is 10.5 Å². The van der Waals surface area contributed by atoms with Crippen LogP contribution in [0.3, 0.4) is 0 Å². The van der Waals surface area contributed by atoms with E-state index in [2.05, 4.69) is 0 Å². The molecular weight excluding hydrogens is 402 g/mol. The SMILES string of the molecule is CS(=O)(=O)c1ccc(COc2ccc(C(CCC(N)=O)S(C)(=O)=O)cc2)cc1. The van der Waals surface area contributed by atoms with E-state index in [0.29, 0.717) is 11.3 Å². The van der Waals surface area contributed by atoms with Crippen molar-refractivity contribution >= 4 is 25.6 Å². The van der Waals surface area contributed by atoms with Crippen molar-refractivity contribution in [3.8, 4) is 5.75 Å². The molecule has 0 fully saturated rings. The van der Waals surface area contributed by atoms with Gasteiger partial charge in [-0.3, -0.25) is 4.79 Å². The lowest BCUT2D eigenvalue weighted by atomic mass is 10.1. The summed E-state index contributed by atoms with van der Waals surface area (Å²) in [4.78, 5) is 11.2. The maximum absolute atomic E-state index is 12.0. The molecule has 28 heavy (non-hydrogen) atoms. The number of hydrogen-bond acceptors (Lipinski definition) is 6. The van der Waals surface area contributed by atoms with Crippen LogP contribution in [0.1, 0.15) is 29.2 Å². The second-order valence-corrected chi connectivity index (χ2v) is 10.8. The second-order valence-electron chi connectivity index (χ2n) is 6.60. The first kappa shape index (κ1) is 21.9. The van der Waals surface area contributed by atoms with Crippen LogP contribution in [-0.2, 0) is 31.1 Å². The highest BCUT2D eigenvalue weighted by atomic mass is 32.2. The maximum Gasteiger partial charge on any atom is 0.217 e. The van der Waals surface area contributed by atoms with Crippen LogP contribution in [0.5, 0.6) is 5.75 Å². The van der Waals surface area contributed by atoms with E-state index in [-0.39, 0.29) is 24.3 Å². The molecule has 2 aromatic rings. The van der Waals surface area contributed by atoms with Gasteiger partial charge >= 0.3 is 0 Å². The van der Waals surface area contributed by atoms with E-state index in [0.717, 1.165) is 18.1 Å². The van der Waals surface area contributed by atoms with Crippen molar-refractivity contribution in [1.29, 1.82) is 0 Å². The summed E-state index contributed by atoms with van der Waals surface area (Å²) in [5.74, 6) is -0.00594. The van der Waals surface area contributed by atoms with Gasteiger partial charge in [-0.25, -0.2) is 16.8 Å². The predicted molar refractivity (Wildman–Crippen MR) is 106 cm³/mol. The smallest absolute Gasteiger partial charge is 0.217 e. The molecule has 1 amide bonds. The minimum Gasteiger partial charge on any atom is -0.489 e. The largest absolute Gasteiger partial charge is 0.489 e.